The van der Waals surface area contributed by atoms with Crippen LogP contribution in [0, 0.1) is 0 Å². The smallest absolute Gasteiger partial charge is 0.434 e. The fourth-order valence-electron chi connectivity index (χ4n) is 2.16. The molecule has 0 atom stereocenters. The van der Waals surface area contributed by atoms with Gasteiger partial charge in [0.15, 0.2) is 0 Å². The van der Waals surface area contributed by atoms with Crippen molar-refractivity contribution in [1.82, 2.24) is 5.06 Å². The van der Waals surface area contributed by atoms with Crippen LogP contribution in [-0.2, 0) is 13.9 Å². The average molecular weight is 361 g/mol. The third kappa shape index (κ3) is 4.94. The van der Waals surface area contributed by atoms with Crippen LogP contribution in [0.1, 0.15) is 27.7 Å². The highest BCUT2D eigenvalue weighted by molar-refractivity contribution is 7.74. The minimum absolute atomic E-state index is 0.207. The Hall–Kier alpha value is -2.10. The molecule has 2 aromatic carbocycles. The number of benzene rings is 2. The second-order valence-electron chi connectivity index (χ2n) is 6.48. The van der Waals surface area contributed by atoms with Crippen molar-refractivity contribution >= 4 is 24.1 Å². The summed E-state index contributed by atoms with van der Waals surface area (Å²) in [6, 6.07) is 17.8. The van der Waals surface area contributed by atoms with E-state index >= 15 is 0 Å². The van der Waals surface area contributed by atoms with E-state index in [2.05, 4.69) is 0 Å². The quantitative estimate of drug-likeness (QED) is 0.594. The van der Waals surface area contributed by atoms with Crippen LogP contribution in [0.25, 0.3) is 0 Å². The highest BCUT2D eigenvalue weighted by atomic mass is 31.2. The summed E-state index contributed by atoms with van der Waals surface area (Å²) in [6.45, 7) is 7.26. The molecule has 0 spiro atoms. The molecule has 0 N–H and O–H groups in total. The number of hydrogen-bond acceptors (Lipinski definition) is 4. The molecule has 2 aromatic rings. The van der Waals surface area contributed by atoms with Crippen molar-refractivity contribution in [2.75, 3.05) is 6.54 Å². The van der Waals surface area contributed by atoms with Gasteiger partial charge in [0.1, 0.15) is 5.60 Å². The Morgan fingerprint density at radius 2 is 1.40 bits per heavy atom. The van der Waals surface area contributed by atoms with E-state index in [1.54, 1.807) is 76.2 Å². The molecule has 0 aliphatic heterocycles. The molecule has 0 unspecified atom stereocenters. The van der Waals surface area contributed by atoms with Gasteiger partial charge in [0.2, 0.25) is 0 Å². The van der Waals surface area contributed by atoms with Crippen molar-refractivity contribution in [2.45, 2.75) is 33.3 Å². The largest absolute Gasteiger partial charge is 0.442 e. The number of nitrogens with zero attached hydrogens (tertiary/aromatic N) is 1. The first-order chi connectivity index (χ1) is 11.8. The minimum Gasteiger partial charge on any atom is -0.442 e. The molecular formula is C19H24NO4P. The van der Waals surface area contributed by atoms with Crippen LogP contribution in [0.3, 0.4) is 0 Å². The molecule has 0 saturated carbocycles. The number of carbonyl (C=O) groups excluding carboxylic acids is 1. The van der Waals surface area contributed by atoms with Gasteiger partial charge in [-0.1, -0.05) is 36.4 Å². The number of carbonyl (C=O) groups is 1. The van der Waals surface area contributed by atoms with Crippen LogP contribution in [0.2, 0.25) is 0 Å². The summed E-state index contributed by atoms with van der Waals surface area (Å²) in [5.74, 6) is 0. The fourth-order valence-corrected chi connectivity index (χ4v) is 4.24. The van der Waals surface area contributed by atoms with Gasteiger partial charge < -0.3 is 4.74 Å². The summed E-state index contributed by atoms with van der Waals surface area (Å²) in [5.41, 5.74) is -0.669. The zero-order valence-electron chi connectivity index (χ0n) is 15.0. The second kappa shape index (κ2) is 7.85. The van der Waals surface area contributed by atoms with Gasteiger partial charge in [-0.15, -0.1) is 0 Å². The van der Waals surface area contributed by atoms with Gasteiger partial charge >= 0.3 is 6.09 Å². The van der Waals surface area contributed by atoms with Crippen LogP contribution in [-0.4, -0.2) is 23.3 Å². The molecule has 0 radical (unpaired) electrons. The van der Waals surface area contributed by atoms with Gasteiger partial charge in [0.05, 0.1) is 0 Å². The van der Waals surface area contributed by atoms with E-state index < -0.39 is 19.1 Å². The highest BCUT2D eigenvalue weighted by Gasteiger charge is 2.34. The van der Waals surface area contributed by atoms with Crippen molar-refractivity contribution in [3.63, 3.8) is 0 Å². The molecule has 0 saturated heterocycles. The van der Waals surface area contributed by atoms with Crippen molar-refractivity contribution in [2.24, 2.45) is 0 Å². The van der Waals surface area contributed by atoms with E-state index in [1.807, 2.05) is 12.1 Å². The number of ether oxygens (including phenoxy) is 1. The van der Waals surface area contributed by atoms with Crippen LogP contribution in [0.15, 0.2) is 60.7 Å². The number of hydrogen-bond donors (Lipinski definition) is 0. The van der Waals surface area contributed by atoms with Gasteiger partial charge in [0.25, 0.3) is 7.37 Å². The van der Waals surface area contributed by atoms with Gasteiger partial charge in [0, 0.05) is 17.2 Å². The molecule has 1 amide bonds. The molecular weight excluding hydrogens is 337 g/mol. The maximum Gasteiger partial charge on any atom is 0.434 e. The first-order valence-corrected chi connectivity index (χ1v) is 9.80. The third-order valence-corrected chi connectivity index (χ3v) is 5.67. The third-order valence-electron chi connectivity index (χ3n) is 3.29. The van der Waals surface area contributed by atoms with E-state index in [0.29, 0.717) is 10.6 Å². The zero-order chi connectivity index (χ0) is 18.5. The van der Waals surface area contributed by atoms with Crippen LogP contribution in [0.4, 0.5) is 4.79 Å². The zero-order valence-corrected chi connectivity index (χ0v) is 15.9. The Morgan fingerprint density at radius 3 is 1.76 bits per heavy atom. The molecule has 6 heteroatoms. The monoisotopic (exact) mass is 361 g/mol. The normalized spacial score (nSPS) is 11.8. The predicted octanol–water partition coefficient (Wildman–Crippen LogP) is 4.10. The van der Waals surface area contributed by atoms with E-state index in [4.69, 9.17) is 9.36 Å². The fraction of sp³-hybridized carbons (Fsp3) is 0.316. The first-order valence-electron chi connectivity index (χ1n) is 8.18. The summed E-state index contributed by atoms with van der Waals surface area (Å²) in [7, 11) is -3.49. The lowest BCUT2D eigenvalue weighted by Gasteiger charge is -2.29. The molecule has 0 bridgehead atoms. The van der Waals surface area contributed by atoms with Crippen molar-refractivity contribution in [1.29, 1.82) is 0 Å². The van der Waals surface area contributed by atoms with Gasteiger partial charge in [-0.3, -0.25) is 4.57 Å². The van der Waals surface area contributed by atoms with Crippen molar-refractivity contribution in [3.05, 3.63) is 60.7 Å². The number of amides is 1. The summed E-state index contributed by atoms with van der Waals surface area (Å²) in [5, 5.41) is 2.05. The number of hydroxylamine groups is 2. The predicted molar refractivity (Wildman–Crippen MR) is 99.5 cm³/mol. The highest BCUT2D eigenvalue weighted by Crippen LogP contribution is 2.45. The SMILES string of the molecule is CCN(OP(=O)(c1ccccc1)c1ccccc1)C(=O)OC(C)(C)C. The lowest BCUT2D eigenvalue weighted by atomic mass is 10.2. The lowest BCUT2D eigenvalue weighted by molar-refractivity contribution is -0.0656. The molecule has 0 aliphatic carbocycles. The van der Waals surface area contributed by atoms with Crippen LogP contribution < -0.4 is 10.6 Å². The average Bonchev–Trinajstić information content (AvgIpc) is 2.59. The van der Waals surface area contributed by atoms with Gasteiger partial charge in [-0.25, -0.2) is 4.79 Å². The summed E-state index contributed by atoms with van der Waals surface area (Å²) >= 11 is 0. The summed E-state index contributed by atoms with van der Waals surface area (Å²) < 4.78 is 24.9. The molecule has 25 heavy (non-hydrogen) atoms. The Bertz CT molecular complexity index is 698. The molecule has 0 aliphatic rings. The molecule has 2 rings (SSSR count). The van der Waals surface area contributed by atoms with E-state index in [0.717, 1.165) is 5.06 Å². The lowest BCUT2D eigenvalue weighted by Crippen LogP contribution is -2.38. The number of rotatable bonds is 5. The Kier molecular flexibility index (Phi) is 6.04. The first kappa shape index (κ1) is 19.2. The van der Waals surface area contributed by atoms with Crippen molar-refractivity contribution in [3.8, 4) is 0 Å². The Balaban J connectivity index is 2.40. The molecule has 0 heterocycles. The molecule has 5 nitrogen and oxygen atoms in total. The van der Waals surface area contributed by atoms with Gasteiger partial charge in [-0.2, -0.15) is 9.69 Å². The molecule has 134 valence electrons. The van der Waals surface area contributed by atoms with Crippen LogP contribution in [0.5, 0.6) is 0 Å². The van der Waals surface area contributed by atoms with E-state index in [-0.39, 0.29) is 6.54 Å². The molecule has 0 fully saturated rings. The van der Waals surface area contributed by atoms with Crippen LogP contribution >= 0.6 is 7.37 Å². The van der Waals surface area contributed by atoms with Crippen molar-refractivity contribution < 1.29 is 18.7 Å². The topological polar surface area (TPSA) is 55.8 Å². The maximum atomic E-state index is 13.8. The van der Waals surface area contributed by atoms with Gasteiger partial charge in [-0.05, 0) is 52.0 Å². The molecule has 0 aromatic heterocycles. The maximum absolute atomic E-state index is 13.8. The summed E-state index contributed by atoms with van der Waals surface area (Å²) in [6.07, 6.45) is -0.665. The van der Waals surface area contributed by atoms with E-state index in [9.17, 15) is 9.36 Å². The second-order valence-corrected chi connectivity index (χ2v) is 8.78. The standard InChI is InChI=1S/C19H24NO4P/c1-5-20(18(21)23-19(2,3)4)24-25(22,16-12-8-6-9-13-16)17-14-10-7-11-15-17/h6-15H,5H2,1-4H3. The minimum atomic E-state index is -3.49. The summed E-state index contributed by atoms with van der Waals surface area (Å²) in [4.78, 5) is 12.4. The Labute approximate surface area is 149 Å². The van der Waals surface area contributed by atoms with E-state index in [1.165, 1.54) is 0 Å². The Morgan fingerprint density at radius 1 is 0.960 bits per heavy atom.